The fraction of sp³-hybridized carbons (Fsp3) is 0.259. The SMILES string of the molecule is CC[C@@H]1CCN(C(=O)c2ccc(-c3cc(NCc4ccc(Cl)cc4Cl)n4nccc4n3)cc2)[C@@H]1C(N)=O. The molecule has 5 rings (SSSR count). The predicted octanol–water partition coefficient (Wildman–Crippen LogP) is 5.04. The van der Waals surface area contributed by atoms with Crippen LogP contribution in [0.4, 0.5) is 5.82 Å². The molecule has 190 valence electrons. The Hall–Kier alpha value is -3.62. The molecule has 4 aromatic rings. The van der Waals surface area contributed by atoms with E-state index in [1.807, 2.05) is 37.3 Å². The van der Waals surface area contributed by atoms with Gasteiger partial charge in [-0.3, -0.25) is 9.59 Å². The average molecular weight is 537 g/mol. The summed E-state index contributed by atoms with van der Waals surface area (Å²) in [5.41, 5.74) is 9.27. The van der Waals surface area contributed by atoms with Crippen molar-refractivity contribution in [3.8, 4) is 11.3 Å². The van der Waals surface area contributed by atoms with Crippen LogP contribution >= 0.6 is 23.2 Å². The molecule has 2 amide bonds. The number of nitrogens with one attached hydrogen (secondary N) is 1. The molecule has 1 fully saturated rings. The lowest BCUT2D eigenvalue weighted by Gasteiger charge is -2.25. The quantitative estimate of drug-likeness (QED) is 0.344. The largest absolute Gasteiger partial charge is 0.368 e. The maximum atomic E-state index is 13.2. The minimum Gasteiger partial charge on any atom is -0.368 e. The highest BCUT2D eigenvalue weighted by atomic mass is 35.5. The Bertz CT molecular complexity index is 1470. The number of fused-ring (bicyclic) bond motifs is 1. The van der Waals surface area contributed by atoms with Crippen LogP contribution in [0.15, 0.2) is 60.8 Å². The standard InChI is InChI=1S/C27H26Cl2N6O2/c1-2-16-10-12-34(25(16)26(30)36)27(37)18-5-3-17(4-6-18)22-14-24(35-23(33-22)9-11-32-35)31-15-19-7-8-20(28)13-21(19)29/h3-9,11,13-14,16,25,31H,2,10,12,15H2,1H3,(H2,30,36)/t16-,25+/m1/s1. The molecule has 3 heterocycles. The van der Waals surface area contributed by atoms with Crippen LogP contribution in [-0.2, 0) is 11.3 Å². The summed E-state index contributed by atoms with van der Waals surface area (Å²) >= 11 is 12.4. The van der Waals surface area contributed by atoms with E-state index in [0.717, 1.165) is 35.5 Å². The van der Waals surface area contributed by atoms with E-state index in [9.17, 15) is 9.59 Å². The van der Waals surface area contributed by atoms with E-state index in [0.29, 0.717) is 34.3 Å². The molecule has 0 bridgehead atoms. The molecule has 37 heavy (non-hydrogen) atoms. The Morgan fingerprint density at radius 3 is 2.59 bits per heavy atom. The van der Waals surface area contributed by atoms with Gasteiger partial charge >= 0.3 is 0 Å². The van der Waals surface area contributed by atoms with E-state index in [1.54, 1.807) is 39.9 Å². The third-order valence-corrected chi connectivity index (χ3v) is 7.45. The Morgan fingerprint density at radius 1 is 1.11 bits per heavy atom. The van der Waals surface area contributed by atoms with Gasteiger partial charge in [0.1, 0.15) is 11.9 Å². The summed E-state index contributed by atoms with van der Waals surface area (Å²) in [4.78, 5) is 31.6. The number of benzene rings is 2. The lowest BCUT2D eigenvalue weighted by atomic mass is 9.97. The van der Waals surface area contributed by atoms with Gasteiger partial charge in [0.05, 0.1) is 11.9 Å². The predicted molar refractivity (Wildman–Crippen MR) is 145 cm³/mol. The zero-order valence-electron chi connectivity index (χ0n) is 20.2. The summed E-state index contributed by atoms with van der Waals surface area (Å²) in [5.74, 6) is 0.198. The van der Waals surface area contributed by atoms with Gasteiger partial charge in [-0.05, 0) is 42.2 Å². The van der Waals surface area contributed by atoms with Crippen molar-refractivity contribution in [2.45, 2.75) is 32.4 Å². The second kappa shape index (κ2) is 10.4. The highest BCUT2D eigenvalue weighted by molar-refractivity contribution is 6.35. The average Bonchev–Trinajstić information content (AvgIpc) is 3.55. The fourth-order valence-electron chi connectivity index (χ4n) is 4.88. The van der Waals surface area contributed by atoms with Gasteiger partial charge in [0.25, 0.3) is 5.91 Å². The molecule has 1 saturated heterocycles. The van der Waals surface area contributed by atoms with Gasteiger partial charge in [-0.2, -0.15) is 9.61 Å². The van der Waals surface area contributed by atoms with Crippen LogP contribution in [0.2, 0.25) is 10.0 Å². The summed E-state index contributed by atoms with van der Waals surface area (Å²) in [7, 11) is 0. The Labute approximate surface area is 224 Å². The van der Waals surface area contributed by atoms with Gasteiger partial charge in [-0.25, -0.2) is 4.98 Å². The topological polar surface area (TPSA) is 106 Å². The van der Waals surface area contributed by atoms with Crippen molar-refractivity contribution in [2.75, 3.05) is 11.9 Å². The van der Waals surface area contributed by atoms with Gasteiger partial charge in [0, 0.05) is 46.4 Å². The van der Waals surface area contributed by atoms with Crippen molar-refractivity contribution in [1.29, 1.82) is 0 Å². The van der Waals surface area contributed by atoms with E-state index in [-0.39, 0.29) is 11.8 Å². The number of anilines is 1. The number of carbonyl (C=O) groups excluding carboxylic acids is 2. The molecule has 2 aromatic carbocycles. The number of halogens is 2. The number of likely N-dealkylation sites (tertiary alicyclic amines) is 1. The minimum atomic E-state index is -0.564. The summed E-state index contributed by atoms with van der Waals surface area (Å²) < 4.78 is 1.71. The summed E-state index contributed by atoms with van der Waals surface area (Å²) in [6.45, 7) is 3.01. The molecular weight excluding hydrogens is 511 g/mol. The molecule has 0 saturated carbocycles. The number of rotatable bonds is 7. The second-order valence-electron chi connectivity index (χ2n) is 9.10. The fourth-order valence-corrected chi connectivity index (χ4v) is 5.36. The highest BCUT2D eigenvalue weighted by Crippen LogP contribution is 2.30. The van der Waals surface area contributed by atoms with E-state index in [1.165, 1.54) is 0 Å². The molecule has 0 aliphatic carbocycles. The van der Waals surface area contributed by atoms with Crippen molar-refractivity contribution in [2.24, 2.45) is 11.7 Å². The summed E-state index contributed by atoms with van der Waals surface area (Å²) in [5, 5.41) is 8.91. The van der Waals surface area contributed by atoms with E-state index < -0.39 is 11.9 Å². The first kappa shape index (κ1) is 25.0. The highest BCUT2D eigenvalue weighted by Gasteiger charge is 2.39. The van der Waals surface area contributed by atoms with Gasteiger partial charge in [-0.1, -0.05) is 54.7 Å². The molecule has 10 heteroatoms. The molecule has 0 radical (unpaired) electrons. The van der Waals surface area contributed by atoms with E-state index >= 15 is 0 Å². The number of primary amides is 1. The molecule has 0 spiro atoms. The number of aromatic nitrogens is 3. The third kappa shape index (κ3) is 4.99. The zero-order chi connectivity index (χ0) is 26.1. The van der Waals surface area contributed by atoms with Gasteiger partial charge in [-0.15, -0.1) is 0 Å². The number of nitrogens with two attached hydrogens (primary N) is 1. The maximum absolute atomic E-state index is 13.2. The van der Waals surface area contributed by atoms with Crippen LogP contribution in [0.1, 0.15) is 35.7 Å². The lowest BCUT2D eigenvalue weighted by Crippen LogP contribution is -2.46. The van der Waals surface area contributed by atoms with Crippen molar-refractivity contribution in [3.05, 3.63) is 82.0 Å². The number of hydrogen-bond acceptors (Lipinski definition) is 5. The van der Waals surface area contributed by atoms with Gasteiger partial charge in [0.15, 0.2) is 5.65 Å². The van der Waals surface area contributed by atoms with Crippen LogP contribution < -0.4 is 11.1 Å². The Morgan fingerprint density at radius 2 is 1.89 bits per heavy atom. The van der Waals surface area contributed by atoms with Crippen LogP contribution in [0.5, 0.6) is 0 Å². The monoisotopic (exact) mass is 536 g/mol. The van der Waals surface area contributed by atoms with Crippen LogP contribution in [0, 0.1) is 5.92 Å². The summed E-state index contributed by atoms with van der Waals surface area (Å²) in [6, 6.07) is 15.8. The molecule has 0 unspecified atom stereocenters. The van der Waals surface area contributed by atoms with Gasteiger partial charge in [0.2, 0.25) is 5.91 Å². The third-order valence-electron chi connectivity index (χ3n) is 6.86. The molecule has 1 aliphatic heterocycles. The number of nitrogens with zero attached hydrogens (tertiary/aromatic N) is 4. The molecular formula is C27H26Cl2N6O2. The van der Waals surface area contributed by atoms with Crippen molar-refractivity contribution in [1.82, 2.24) is 19.5 Å². The van der Waals surface area contributed by atoms with Crippen molar-refractivity contribution < 1.29 is 9.59 Å². The number of amides is 2. The normalized spacial score (nSPS) is 17.3. The second-order valence-corrected chi connectivity index (χ2v) is 9.94. The smallest absolute Gasteiger partial charge is 0.254 e. The molecule has 3 N–H and O–H groups in total. The Balaban J connectivity index is 1.39. The first-order valence-corrected chi connectivity index (χ1v) is 12.8. The van der Waals surface area contributed by atoms with E-state index in [2.05, 4.69) is 10.4 Å². The van der Waals surface area contributed by atoms with Crippen molar-refractivity contribution >= 4 is 46.5 Å². The van der Waals surface area contributed by atoms with Gasteiger partial charge < -0.3 is 16.0 Å². The van der Waals surface area contributed by atoms with Crippen LogP contribution in [0.25, 0.3) is 16.9 Å². The maximum Gasteiger partial charge on any atom is 0.254 e. The van der Waals surface area contributed by atoms with E-state index in [4.69, 9.17) is 33.9 Å². The lowest BCUT2D eigenvalue weighted by molar-refractivity contribution is -0.122. The van der Waals surface area contributed by atoms with Crippen LogP contribution in [-0.4, -0.2) is 43.9 Å². The molecule has 2 atom stereocenters. The first-order valence-electron chi connectivity index (χ1n) is 12.1. The summed E-state index contributed by atoms with van der Waals surface area (Å²) in [6.07, 6.45) is 3.27. The zero-order valence-corrected chi connectivity index (χ0v) is 21.7. The number of hydrogen-bond donors (Lipinski definition) is 2. The molecule has 2 aromatic heterocycles. The first-order chi connectivity index (χ1) is 17.9. The Kier molecular flexibility index (Phi) is 7.04. The van der Waals surface area contributed by atoms with Crippen molar-refractivity contribution in [3.63, 3.8) is 0 Å². The number of carbonyl (C=O) groups is 2. The minimum absolute atomic E-state index is 0.0981. The molecule has 8 nitrogen and oxygen atoms in total. The van der Waals surface area contributed by atoms with Crippen LogP contribution in [0.3, 0.4) is 0 Å². The molecule has 1 aliphatic rings.